The van der Waals surface area contributed by atoms with Gasteiger partial charge in [-0.2, -0.15) is 4.98 Å². The molecule has 3 heterocycles. The lowest BCUT2D eigenvalue weighted by Gasteiger charge is -2.37. The molecule has 3 N–H and O–H groups in total. The van der Waals surface area contributed by atoms with Crippen LogP contribution in [0.4, 0.5) is 5.95 Å². The van der Waals surface area contributed by atoms with Crippen molar-refractivity contribution in [1.82, 2.24) is 24.2 Å². The van der Waals surface area contributed by atoms with Crippen LogP contribution in [0.25, 0.3) is 16.0 Å². The van der Waals surface area contributed by atoms with Gasteiger partial charge in [-0.25, -0.2) is 16.2 Å². The number of aromatic nitrogens is 4. The van der Waals surface area contributed by atoms with E-state index in [9.17, 15) is 14.7 Å². The number of aromatic amines is 1. The van der Waals surface area contributed by atoms with Gasteiger partial charge in [0.15, 0.2) is 11.2 Å². The number of anilines is 1. The van der Waals surface area contributed by atoms with E-state index in [1.54, 1.807) is 18.4 Å². The maximum Gasteiger partial charge on any atom is 0.280 e. The number of aliphatic hydroxyl groups excluding tert-OH is 1. The van der Waals surface area contributed by atoms with E-state index in [1.807, 2.05) is 27.7 Å². The van der Waals surface area contributed by atoms with Gasteiger partial charge >= 0.3 is 0 Å². The Bertz CT molecular complexity index is 1200. The minimum Gasteiger partial charge on any atom is -0.387 e. The maximum absolute atomic E-state index is 12.6. The largest absolute Gasteiger partial charge is 0.387 e. The Kier molecular flexibility index (Phi) is 9.56. The number of hydrogen-bond acceptors (Lipinski definition) is 9. The average Bonchev–Trinajstić information content (AvgIpc) is 3.39. The van der Waals surface area contributed by atoms with Gasteiger partial charge in [0.25, 0.3) is 14.1 Å². The van der Waals surface area contributed by atoms with Crippen molar-refractivity contribution in [2.24, 2.45) is 5.92 Å². The summed E-state index contributed by atoms with van der Waals surface area (Å²) in [5.74, 6) is -0.624. The molecule has 0 aliphatic carbocycles. The van der Waals surface area contributed by atoms with E-state index >= 15 is 0 Å². The first-order valence-electron chi connectivity index (χ1n) is 12.8. The molecule has 12 nitrogen and oxygen atoms in total. The van der Waals surface area contributed by atoms with Crippen LogP contribution >= 0.6 is 20.3 Å². The summed E-state index contributed by atoms with van der Waals surface area (Å²) >= 11 is 1.34. The highest BCUT2D eigenvalue weighted by molar-refractivity contribution is 8.00. The van der Waals surface area contributed by atoms with Crippen molar-refractivity contribution in [2.75, 3.05) is 18.5 Å². The Morgan fingerprint density at radius 2 is 2.11 bits per heavy atom. The molecular weight excluding hydrogens is 517 g/mol. The molecule has 0 saturated carbocycles. The SMILES string of the molecule is [2H]C[C@H]1S[C@@H](n2cnc3c(=O)[nH]c(NC(=O)C(C)C)nc32)[C@H](O)[C@@H]1OP(OCC[N+]#[C-])N(C(C)C)C(C)C. The van der Waals surface area contributed by atoms with Crippen LogP contribution in [0.5, 0.6) is 0 Å². The Balaban J connectivity index is 1.93. The summed E-state index contributed by atoms with van der Waals surface area (Å²) in [4.78, 5) is 39.3. The highest BCUT2D eigenvalue weighted by atomic mass is 32.2. The monoisotopic (exact) mass is 554 g/mol. The summed E-state index contributed by atoms with van der Waals surface area (Å²) in [6.07, 6.45) is -0.395. The lowest BCUT2D eigenvalue weighted by molar-refractivity contribution is -0.118. The molecule has 14 heteroatoms. The number of nitrogens with one attached hydrogen (secondary N) is 2. The summed E-state index contributed by atoms with van der Waals surface area (Å²) in [5, 5.41) is 13.0. The molecule has 1 fully saturated rings. The second-order valence-electron chi connectivity index (χ2n) is 9.53. The standard InChI is InChI=1S/C23H36N7O5PS/c1-12(2)20(32)27-23-26-19-16(21(33)28-23)25-11-29(19)22-17(31)18(15(7)37-22)35-36(34-10-9-24-8)30(13(3)4)14(5)6/h11-15,17-18,22,31H,9-10H2,1-7H3,(H2,26,27,28,32,33)/t15-,17-,18-,22-,36?/m1/s1/i7D. The van der Waals surface area contributed by atoms with E-state index in [-0.39, 0.29) is 61.1 Å². The van der Waals surface area contributed by atoms with Crippen molar-refractivity contribution in [3.05, 3.63) is 28.1 Å². The summed E-state index contributed by atoms with van der Waals surface area (Å²) in [5.41, 5.74) is -0.241. The Labute approximate surface area is 223 Å². The van der Waals surface area contributed by atoms with Gasteiger partial charge < -0.3 is 19.0 Å². The quantitative estimate of drug-likeness (QED) is 0.217. The van der Waals surface area contributed by atoms with Gasteiger partial charge in [-0.1, -0.05) is 20.7 Å². The third-order valence-electron chi connectivity index (χ3n) is 5.65. The molecule has 5 atom stereocenters. The van der Waals surface area contributed by atoms with Crippen LogP contribution in [-0.4, -0.2) is 77.9 Å². The minimum absolute atomic E-state index is 0.00786. The number of carbonyl (C=O) groups is 1. The molecule has 1 aliphatic heterocycles. The van der Waals surface area contributed by atoms with Crippen molar-refractivity contribution in [3.63, 3.8) is 0 Å². The molecular formula is C23H36N7O5PS. The van der Waals surface area contributed by atoms with Gasteiger partial charge in [0.1, 0.15) is 24.2 Å². The van der Waals surface area contributed by atoms with E-state index < -0.39 is 36.9 Å². The van der Waals surface area contributed by atoms with Crippen molar-refractivity contribution >= 4 is 43.3 Å². The van der Waals surface area contributed by atoms with Crippen LogP contribution in [0.3, 0.4) is 0 Å². The number of fused-ring (bicyclic) bond motifs is 1. The first kappa shape index (κ1) is 28.0. The summed E-state index contributed by atoms with van der Waals surface area (Å²) in [6, 6.07) is 0.164. The van der Waals surface area contributed by atoms with Crippen LogP contribution in [0.15, 0.2) is 11.1 Å². The summed E-state index contributed by atoms with van der Waals surface area (Å²) in [6.45, 7) is 19.0. The molecule has 1 saturated heterocycles. The summed E-state index contributed by atoms with van der Waals surface area (Å²) in [7, 11) is -1.63. The number of carbonyl (C=O) groups excluding carboxylic acids is 1. The zero-order chi connectivity index (χ0) is 28.1. The Morgan fingerprint density at radius 3 is 2.70 bits per heavy atom. The molecule has 1 amide bonds. The van der Waals surface area contributed by atoms with Gasteiger partial charge in [0.05, 0.1) is 6.33 Å². The average molecular weight is 555 g/mol. The molecule has 1 unspecified atom stereocenters. The molecule has 0 aromatic carbocycles. The number of amides is 1. The lowest BCUT2D eigenvalue weighted by Crippen LogP contribution is -2.38. The normalized spacial score (nSPS) is 23.2. The predicted octanol–water partition coefficient (Wildman–Crippen LogP) is 3.38. The zero-order valence-corrected chi connectivity index (χ0v) is 23.6. The van der Waals surface area contributed by atoms with Crippen LogP contribution in [0.1, 0.15) is 55.2 Å². The molecule has 0 bridgehead atoms. The zero-order valence-electron chi connectivity index (χ0n) is 22.9. The lowest BCUT2D eigenvalue weighted by atomic mass is 10.1. The highest BCUT2D eigenvalue weighted by Gasteiger charge is 2.46. The number of hydrogen-bond donors (Lipinski definition) is 3. The smallest absolute Gasteiger partial charge is 0.280 e. The number of thioether (sulfide) groups is 1. The van der Waals surface area contributed by atoms with E-state index in [0.29, 0.717) is 0 Å². The van der Waals surface area contributed by atoms with Crippen molar-refractivity contribution in [3.8, 4) is 0 Å². The van der Waals surface area contributed by atoms with Crippen molar-refractivity contribution in [1.29, 1.82) is 0 Å². The molecule has 0 radical (unpaired) electrons. The fourth-order valence-electron chi connectivity index (χ4n) is 3.91. The van der Waals surface area contributed by atoms with E-state index in [0.717, 1.165) is 0 Å². The summed E-state index contributed by atoms with van der Waals surface area (Å²) < 4.78 is 24.2. The van der Waals surface area contributed by atoms with Gasteiger partial charge in [0.2, 0.25) is 18.4 Å². The maximum atomic E-state index is 12.6. The highest BCUT2D eigenvalue weighted by Crippen LogP contribution is 2.53. The van der Waals surface area contributed by atoms with E-state index in [2.05, 4.69) is 29.8 Å². The van der Waals surface area contributed by atoms with Crippen molar-refractivity contribution < 1.29 is 20.3 Å². The van der Waals surface area contributed by atoms with Crippen LogP contribution in [-0.2, 0) is 13.8 Å². The fourth-order valence-corrected chi connectivity index (χ4v) is 7.09. The van der Waals surface area contributed by atoms with E-state index in [4.69, 9.17) is 17.0 Å². The van der Waals surface area contributed by atoms with Crippen LogP contribution in [0.2, 0.25) is 0 Å². The molecule has 2 aromatic heterocycles. The number of nitrogens with zero attached hydrogens (tertiary/aromatic N) is 5. The second kappa shape index (κ2) is 12.7. The number of aliphatic hydroxyl groups is 1. The fraction of sp³-hybridized carbons (Fsp3) is 0.696. The molecule has 0 spiro atoms. The number of imidazole rings is 1. The van der Waals surface area contributed by atoms with Gasteiger partial charge in [-0.15, -0.1) is 11.8 Å². The van der Waals surface area contributed by atoms with Crippen LogP contribution in [0, 0.1) is 12.5 Å². The molecule has 1 aliphatic rings. The molecule has 204 valence electrons. The van der Waals surface area contributed by atoms with Gasteiger partial charge in [-0.3, -0.25) is 24.5 Å². The molecule has 2 aromatic rings. The minimum atomic E-state index is -1.63. The number of rotatable bonds is 11. The second-order valence-corrected chi connectivity index (χ2v) is 12.3. The Morgan fingerprint density at radius 1 is 1.41 bits per heavy atom. The first-order chi connectivity index (χ1) is 18.0. The first-order valence-corrected chi connectivity index (χ1v) is 14.2. The van der Waals surface area contributed by atoms with Crippen LogP contribution < -0.4 is 10.9 Å². The predicted molar refractivity (Wildman–Crippen MR) is 145 cm³/mol. The van der Waals surface area contributed by atoms with Gasteiger partial charge in [-0.05, 0) is 27.7 Å². The third kappa shape index (κ3) is 6.69. The molecule has 37 heavy (non-hydrogen) atoms. The Hall–Kier alpha value is -2.07. The van der Waals surface area contributed by atoms with Gasteiger partial charge in [0, 0.05) is 24.6 Å². The number of H-pyrrole nitrogens is 1. The topological polar surface area (TPSA) is 139 Å². The molecule has 3 rings (SSSR count). The van der Waals surface area contributed by atoms with Crippen molar-refractivity contribution in [2.45, 2.75) is 83.4 Å². The third-order valence-corrected chi connectivity index (χ3v) is 9.18. The van der Waals surface area contributed by atoms with E-state index in [1.165, 1.54) is 18.1 Å².